The van der Waals surface area contributed by atoms with Gasteiger partial charge < -0.3 is 19.6 Å². The number of carboxylic acid groups (broad SMARTS) is 1. The first-order valence-electron chi connectivity index (χ1n) is 10.8. The van der Waals surface area contributed by atoms with E-state index in [1.54, 1.807) is 19.1 Å². The molecule has 0 spiro atoms. The number of anilines is 2. The molecule has 1 atom stereocenters. The summed E-state index contributed by atoms with van der Waals surface area (Å²) >= 11 is 0. The third kappa shape index (κ3) is 5.31. The van der Waals surface area contributed by atoms with Crippen molar-refractivity contribution in [2.45, 2.75) is 39.7 Å². The van der Waals surface area contributed by atoms with Crippen LogP contribution in [0, 0.1) is 23.1 Å². The van der Waals surface area contributed by atoms with E-state index in [0.717, 1.165) is 24.0 Å². The highest BCUT2D eigenvalue weighted by Gasteiger charge is 2.35. The van der Waals surface area contributed by atoms with E-state index in [1.165, 1.54) is 15.9 Å². The van der Waals surface area contributed by atoms with Crippen LogP contribution in [0.4, 0.5) is 25.4 Å². The molecule has 172 valence electrons. The first kappa shape index (κ1) is 23.4. The molecular formula is C23H29FN4O4. The van der Waals surface area contributed by atoms with Crippen LogP contribution < -0.4 is 9.80 Å². The smallest absolute Gasteiger partial charge is 0.414 e. The summed E-state index contributed by atoms with van der Waals surface area (Å²) in [7, 11) is 0. The summed E-state index contributed by atoms with van der Waals surface area (Å²) in [6.07, 6.45) is -0.852. The minimum absolute atomic E-state index is 0.0715. The molecule has 3 rings (SSSR count). The first-order chi connectivity index (χ1) is 15.2. The summed E-state index contributed by atoms with van der Waals surface area (Å²) in [4.78, 5) is 28.3. The Hall–Kier alpha value is -3.28. The molecule has 1 unspecified atom stereocenters. The summed E-state index contributed by atoms with van der Waals surface area (Å²) in [5, 5.41) is 18.4. The molecule has 2 fully saturated rings. The number of allylic oxidation sites excluding steroid dienone is 1. The summed E-state index contributed by atoms with van der Waals surface area (Å²) in [6, 6.07) is 6.82. The number of amides is 2. The van der Waals surface area contributed by atoms with Gasteiger partial charge in [0.05, 0.1) is 30.5 Å². The second-order valence-electron chi connectivity index (χ2n) is 8.66. The number of hydrogen-bond acceptors (Lipinski definition) is 5. The second-order valence-corrected chi connectivity index (χ2v) is 8.66. The number of ether oxygens (including phenoxy) is 1. The van der Waals surface area contributed by atoms with E-state index in [1.807, 2.05) is 18.7 Å². The molecule has 1 aromatic carbocycles. The fraction of sp³-hybridized carbons (Fsp3) is 0.522. The van der Waals surface area contributed by atoms with Crippen LogP contribution in [0.15, 0.2) is 29.3 Å². The lowest BCUT2D eigenvalue weighted by Gasteiger charge is -2.31. The SMILES string of the molecule is CC(C#N)=C1CCN(c2ccc(N3CC(CN(CC(C)C)C(=O)O)OC3=O)cc2F)CC1. The average molecular weight is 445 g/mol. The Labute approximate surface area is 187 Å². The molecule has 0 aromatic heterocycles. The van der Waals surface area contributed by atoms with E-state index >= 15 is 0 Å². The van der Waals surface area contributed by atoms with Gasteiger partial charge in [-0.05, 0) is 43.9 Å². The number of hydrogen-bond donors (Lipinski definition) is 1. The number of nitriles is 1. The second kappa shape index (κ2) is 9.90. The number of piperidine rings is 1. The van der Waals surface area contributed by atoms with E-state index in [9.17, 15) is 19.1 Å². The Bertz CT molecular complexity index is 946. The molecule has 0 radical (unpaired) electrons. The van der Waals surface area contributed by atoms with E-state index < -0.39 is 24.1 Å². The number of halogens is 1. The Morgan fingerprint density at radius 3 is 2.62 bits per heavy atom. The van der Waals surface area contributed by atoms with Gasteiger partial charge in [-0.15, -0.1) is 0 Å². The zero-order chi connectivity index (χ0) is 23.4. The van der Waals surface area contributed by atoms with Gasteiger partial charge in [0, 0.05) is 25.2 Å². The summed E-state index contributed by atoms with van der Waals surface area (Å²) in [5.74, 6) is -0.290. The van der Waals surface area contributed by atoms with Gasteiger partial charge in [-0.25, -0.2) is 14.0 Å². The van der Waals surface area contributed by atoms with Crippen molar-refractivity contribution >= 4 is 23.6 Å². The lowest BCUT2D eigenvalue weighted by Crippen LogP contribution is -2.40. The lowest BCUT2D eigenvalue weighted by molar-refractivity contribution is 0.0924. The molecule has 2 saturated heterocycles. The zero-order valence-corrected chi connectivity index (χ0v) is 18.7. The van der Waals surface area contributed by atoms with Crippen molar-refractivity contribution in [2.24, 2.45) is 5.92 Å². The standard InChI is InChI=1S/C23H29FN4O4/c1-15(2)12-27(22(29)30)13-19-14-28(23(31)32-19)18-4-5-21(20(24)10-18)26-8-6-17(7-9-26)16(3)11-25/h4-5,10,15,19H,6-9,12-14H2,1-3H3,(H,29,30). The van der Waals surface area contributed by atoms with Crippen molar-refractivity contribution < 1.29 is 23.8 Å². The summed E-state index contributed by atoms with van der Waals surface area (Å²) < 4.78 is 20.3. The quantitative estimate of drug-likeness (QED) is 0.660. The Balaban J connectivity index is 1.67. The highest BCUT2D eigenvalue weighted by Crippen LogP contribution is 2.31. The molecule has 0 saturated carbocycles. The van der Waals surface area contributed by atoms with Crippen molar-refractivity contribution in [3.8, 4) is 6.07 Å². The van der Waals surface area contributed by atoms with Gasteiger partial charge in [0.1, 0.15) is 11.9 Å². The number of carbonyl (C=O) groups is 2. The molecule has 9 heteroatoms. The van der Waals surface area contributed by atoms with Gasteiger partial charge in [0.2, 0.25) is 0 Å². The van der Waals surface area contributed by atoms with E-state index in [2.05, 4.69) is 6.07 Å². The van der Waals surface area contributed by atoms with E-state index in [-0.39, 0.29) is 19.0 Å². The van der Waals surface area contributed by atoms with Crippen molar-refractivity contribution in [1.82, 2.24) is 4.90 Å². The fourth-order valence-corrected chi connectivity index (χ4v) is 4.14. The highest BCUT2D eigenvalue weighted by molar-refractivity contribution is 5.90. The third-order valence-electron chi connectivity index (χ3n) is 5.80. The Kier molecular flexibility index (Phi) is 7.23. The molecule has 2 aliphatic rings. The third-order valence-corrected chi connectivity index (χ3v) is 5.80. The predicted octanol–water partition coefficient (Wildman–Crippen LogP) is 4.23. The summed E-state index contributed by atoms with van der Waals surface area (Å²) in [6.45, 7) is 7.45. The molecule has 0 aliphatic carbocycles. The number of rotatable bonds is 6. The largest absolute Gasteiger partial charge is 0.465 e. The van der Waals surface area contributed by atoms with Crippen LogP contribution in [0.3, 0.4) is 0 Å². The normalized spacial score (nSPS) is 18.6. The maximum atomic E-state index is 14.9. The molecule has 2 aliphatic heterocycles. The Morgan fingerprint density at radius 2 is 2.06 bits per heavy atom. The van der Waals surface area contributed by atoms with Crippen molar-refractivity contribution in [2.75, 3.05) is 42.5 Å². The van der Waals surface area contributed by atoms with Crippen LogP contribution in [-0.4, -0.2) is 61.0 Å². The van der Waals surface area contributed by atoms with Crippen LogP contribution >= 0.6 is 0 Å². The molecular weight excluding hydrogens is 415 g/mol. The molecule has 8 nitrogen and oxygen atoms in total. The fourth-order valence-electron chi connectivity index (χ4n) is 4.14. The van der Waals surface area contributed by atoms with E-state index in [4.69, 9.17) is 10.00 Å². The average Bonchev–Trinajstić information content (AvgIpc) is 3.12. The van der Waals surface area contributed by atoms with Crippen LogP contribution in [0.25, 0.3) is 0 Å². The Morgan fingerprint density at radius 1 is 1.38 bits per heavy atom. The number of cyclic esters (lactones) is 1. The van der Waals surface area contributed by atoms with Crippen molar-refractivity contribution in [1.29, 1.82) is 5.26 Å². The van der Waals surface area contributed by atoms with Gasteiger partial charge in [-0.3, -0.25) is 4.90 Å². The topological polar surface area (TPSA) is 97.1 Å². The summed E-state index contributed by atoms with van der Waals surface area (Å²) in [5.41, 5.74) is 2.68. The van der Waals surface area contributed by atoms with Crippen molar-refractivity contribution in [3.63, 3.8) is 0 Å². The molecule has 0 bridgehead atoms. The number of carbonyl (C=O) groups excluding carboxylic acids is 1. The molecule has 1 N–H and O–H groups in total. The first-order valence-corrected chi connectivity index (χ1v) is 10.8. The molecule has 2 amide bonds. The van der Waals surface area contributed by atoms with Crippen LogP contribution in [0.5, 0.6) is 0 Å². The molecule has 2 heterocycles. The monoisotopic (exact) mass is 444 g/mol. The number of nitrogens with zero attached hydrogens (tertiary/aromatic N) is 4. The van der Waals surface area contributed by atoms with Crippen LogP contribution in [-0.2, 0) is 4.74 Å². The maximum Gasteiger partial charge on any atom is 0.414 e. The van der Waals surface area contributed by atoms with Gasteiger partial charge >= 0.3 is 12.2 Å². The van der Waals surface area contributed by atoms with Crippen LogP contribution in [0.2, 0.25) is 0 Å². The molecule has 32 heavy (non-hydrogen) atoms. The highest BCUT2D eigenvalue weighted by atomic mass is 19.1. The van der Waals surface area contributed by atoms with Gasteiger partial charge in [-0.2, -0.15) is 5.26 Å². The van der Waals surface area contributed by atoms with Gasteiger partial charge in [0.15, 0.2) is 0 Å². The molecule has 1 aromatic rings. The van der Waals surface area contributed by atoms with Gasteiger partial charge in [-0.1, -0.05) is 19.4 Å². The zero-order valence-electron chi connectivity index (χ0n) is 18.7. The predicted molar refractivity (Wildman–Crippen MR) is 118 cm³/mol. The number of benzene rings is 1. The lowest BCUT2D eigenvalue weighted by atomic mass is 9.99. The maximum absolute atomic E-state index is 14.9. The van der Waals surface area contributed by atoms with Gasteiger partial charge in [0.25, 0.3) is 0 Å². The minimum atomic E-state index is -1.06. The van der Waals surface area contributed by atoms with Crippen molar-refractivity contribution in [3.05, 3.63) is 35.2 Å². The minimum Gasteiger partial charge on any atom is -0.465 e. The van der Waals surface area contributed by atoms with E-state index in [0.29, 0.717) is 31.0 Å². The van der Waals surface area contributed by atoms with Crippen LogP contribution in [0.1, 0.15) is 33.6 Å².